The highest BCUT2D eigenvalue weighted by atomic mass is 16.5. The van der Waals surface area contributed by atoms with E-state index in [9.17, 15) is 4.79 Å². The summed E-state index contributed by atoms with van der Waals surface area (Å²) in [7, 11) is 0. The number of anilines is 1. The van der Waals surface area contributed by atoms with Crippen molar-refractivity contribution in [3.8, 4) is 0 Å². The second-order valence-electron chi connectivity index (χ2n) is 6.63. The van der Waals surface area contributed by atoms with Crippen LogP contribution in [0, 0.1) is 13.8 Å². The summed E-state index contributed by atoms with van der Waals surface area (Å²) in [5, 5.41) is 14.0. The smallest absolute Gasteiger partial charge is 0.238 e. The fraction of sp³-hybridized carbons (Fsp3) is 0.625. The Balaban J connectivity index is 1.66. The molecule has 1 saturated heterocycles. The van der Waals surface area contributed by atoms with Crippen LogP contribution in [0.2, 0.25) is 0 Å². The average Bonchev–Trinajstić information content (AvgIpc) is 3.23. The average molecular weight is 332 g/mol. The normalized spacial score (nSPS) is 18.5. The predicted molar refractivity (Wildman–Crippen MR) is 88.6 cm³/mol. The Labute approximate surface area is 141 Å². The van der Waals surface area contributed by atoms with Crippen LogP contribution in [0.3, 0.4) is 0 Å². The molecule has 2 aromatic heterocycles. The summed E-state index contributed by atoms with van der Waals surface area (Å²) in [5.74, 6) is 1.48. The first-order valence-corrected chi connectivity index (χ1v) is 8.34. The Kier molecular flexibility index (Phi) is 4.66. The highest BCUT2D eigenvalue weighted by Gasteiger charge is 2.31. The van der Waals surface area contributed by atoms with Crippen LogP contribution in [-0.2, 0) is 4.79 Å². The Morgan fingerprint density at radius 1 is 1.46 bits per heavy atom. The molecule has 0 unspecified atom stereocenters. The van der Waals surface area contributed by atoms with Gasteiger partial charge in [-0.25, -0.2) is 0 Å². The van der Waals surface area contributed by atoms with E-state index in [1.165, 1.54) is 0 Å². The number of aromatic amines is 1. The van der Waals surface area contributed by atoms with Crippen molar-refractivity contribution in [2.75, 3.05) is 18.4 Å². The van der Waals surface area contributed by atoms with Crippen molar-refractivity contribution in [3.63, 3.8) is 0 Å². The SMILES string of the molecule is Cc1n[nH]c(C)c1NC(=O)CN1CCC[C@@H]1c1noc(C(C)C)n1. The summed E-state index contributed by atoms with van der Waals surface area (Å²) >= 11 is 0. The maximum Gasteiger partial charge on any atom is 0.238 e. The number of likely N-dealkylation sites (tertiary alicyclic amines) is 1. The molecular formula is C16H24N6O2. The fourth-order valence-electron chi connectivity index (χ4n) is 3.02. The summed E-state index contributed by atoms with van der Waals surface area (Å²) in [5.41, 5.74) is 2.41. The van der Waals surface area contributed by atoms with E-state index in [-0.39, 0.29) is 17.9 Å². The summed E-state index contributed by atoms with van der Waals surface area (Å²) < 4.78 is 5.31. The molecule has 3 heterocycles. The molecule has 2 aromatic rings. The van der Waals surface area contributed by atoms with Crippen LogP contribution in [-0.4, -0.2) is 44.2 Å². The van der Waals surface area contributed by atoms with E-state index >= 15 is 0 Å². The minimum absolute atomic E-state index is 0.0403. The number of hydrogen-bond donors (Lipinski definition) is 2. The number of H-pyrrole nitrogens is 1. The van der Waals surface area contributed by atoms with E-state index in [0.717, 1.165) is 36.5 Å². The van der Waals surface area contributed by atoms with Crippen molar-refractivity contribution in [1.29, 1.82) is 0 Å². The fourth-order valence-corrected chi connectivity index (χ4v) is 3.02. The van der Waals surface area contributed by atoms with Crippen molar-refractivity contribution in [2.24, 2.45) is 0 Å². The van der Waals surface area contributed by atoms with Crippen LogP contribution in [0.25, 0.3) is 0 Å². The zero-order chi connectivity index (χ0) is 17.3. The van der Waals surface area contributed by atoms with Gasteiger partial charge in [0.15, 0.2) is 5.82 Å². The highest BCUT2D eigenvalue weighted by Crippen LogP contribution is 2.30. The Hall–Kier alpha value is -2.22. The number of nitrogens with zero attached hydrogens (tertiary/aromatic N) is 4. The van der Waals surface area contributed by atoms with E-state index in [1.807, 2.05) is 27.7 Å². The molecule has 3 rings (SSSR count). The van der Waals surface area contributed by atoms with Gasteiger partial charge in [0.05, 0.1) is 29.7 Å². The first-order chi connectivity index (χ1) is 11.5. The summed E-state index contributed by atoms with van der Waals surface area (Å²) in [6, 6.07) is 0.0403. The maximum absolute atomic E-state index is 12.4. The Bertz CT molecular complexity index is 700. The summed E-state index contributed by atoms with van der Waals surface area (Å²) in [6.45, 7) is 8.96. The molecule has 1 amide bonds. The first-order valence-electron chi connectivity index (χ1n) is 8.34. The van der Waals surface area contributed by atoms with Gasteiger partial charge >= 0.3 is 0 Å². The molecule has 0 bridgehead atoms. The molecule has 0 spiro atoms. The third-order valence-electron chi connectivity index (χ3n) is 4.35. The third-order valence-corrected chi connectivity index (χ3v) is 4.35. The lowest BCUT2D eigenvalue weighted by Crippen LogP contribution is -2.33. The monoisotopic (exact) mass is 332 g/mol. The molecule has 0 saturated carbocycles. The molecule has 0 aliphatic carbocycles. The van der Waals surface area contributed by atoms with Crippen molar-refractivity contribution in [1.82, 2.24) is 25.2 Å². The summed E-state index contributed by atoms with van der Waals surface area (Å²) in [6.07, 6.45) is 1.96. The number of rotatable bonds is 5. The topological polar surface area (TPSA) is 99.9 Å². The molecule has 8 heteroatoms. The molecule has 2 N–H and O–H groups in total. The summed E-state index contributed by atoms with van der Waals surface area (Å²) in [4.78, 5) is 19.0. The van der Waals surface area contributed by atoms with Crippen molar-refractivity contribution < 1.29 is 9.32 Å². The highest BCUT2D eigenvalue weighted by molar-refractivity contribution is 5.93. The molecule has 130 valence electrons. The van der Waals surface area contributed by atoms with Gasteiger partial charge in [0, 0.05) is 5.92 Å². The van der Waals surface area contributed by atoms with Gasteiger partial charge in [-0.15, -0.1) is 0 Å². The number of aryl methyl sites for hydroxylation is 2. The van der Waals surface area contributed by atoms with Crippen LogP contribution >= 0.6 is 0 Å². The van der Waals surface area contributed by atoms with Gasteiger partial charge in [0.25, 0.3) is 0 Å². The van der Waals surface area contributed by atoms with Gasteiger partial charge in [-0.3, -0.25) is 14.8 Å². The number of carbonyl (C=O) groups is 1. The number of amides is 1. The molecule has 1 fully saturated rings. The molecule has 0 aromatic carbocycles. The van der Waals surface area contributed by atoms with Gasteiger partial charge in [-0.2, -0.15) is 10.1 Å². The Morgan fingerprint density at radius 3 is 2.88 bits per heavy atom. The van der Waals surface area contributed by atoms with Gasteiger partial charge < -0.3 is 9.84 Å². The van der Waals surface area contributed by atoms with E-state index in [0.29, 0.717) is 18.3 Å². The molecule has 0 radical (unpaired) electrons. The van der Waals surface area contributed by atoms with Gasteiger partial charge in [0.2, 0.25) is 11.8 Å². The molecule has 24 heavy (non-hydrogen) atoms. The predicted octanol–water partition coefficient (Wildman–Crippen LogP) is 2.31. The molecular weight excluding hydrogens is 308 g/mol. The standard InChI is InChI=1S/C16H24N6O2/c1-9(2)16-18-15(21-24-16)12-6-5-7-22(12)8-13(23)17-14-10(3)19-20-11(14)4/h9,12H,5-8H2,1-4H3,(H,17,23)(H,19,20)/t12-/m1/s1. The molecule has 1 aliphatic heterocycles. The van der Waals surface area contributed by atoms with Crippen LogP contribution < -0.4 is 5.32 Å². The second-order valence-corrected chi connectivity index (χ2v) is 6.63. The third kappa shape index (κ3) is 3.33. The minimum Gasteiger partial charge on any atom is -0.339 e. The van der Waals surface area contributed by atoms with E-state index in [1.54, 1.807) is 0 Å². The first kappa shape index (κ1) is 16.6. The number of carbonyl (C=O) groups excluding carboxylic acids is 1. The lowest BCUT2D eigenvalue weighted by atomic mass is 10.2. The van der Waals surface area contributed by atoms with Gasteiger partial charge in [-0.1, -0.05) is 19.0 Å². The van der Waals surface area contributed by atoms with Gasteiger partial charge in [-0.05, 0) is 33.2 Å². The second kappa shape index (κ2) is 6.72. The van der Waals surface area contributed by atoms with Crippen LogP contribution in [0.1, 0.15) is 61.8 Å². The van der Waals surface area contributed by atoms with E-state index < -0.39 is 0 Å². The van der Waals surface area contributed by atoms with E-state index in [4.69, 9.17) is 4.52 Å². The maximum atomic E-state index is 12.4. The zero-order valence-electron chi connectivity index (χ0n) is 14.6. The largest absolute Gasteiger partial charge is 0.339 e. The lowest BCUT2D eigenvalue weighted by Gasteiger charge is -2.21. The molecule has 1 aliphatic rings. The van der Waals surface area contributed by atoms with Crippen molar-refractivity contribution >= 4 is 11.6 Å². The number of aromatic nitrogens is 4. The number of nitrogens with one attached hydrogen (secondary N) is 2. The number of hydrogen-bond acceptors (Lipinski definition) is 6. The Morgan fingerprint density at radius 2 is 2.25 bits per heavy atom. The minimum atomic E-state index is -0.0536. The van der Waals surface area contributed by atoms with Gasteiger partial charge in [0.1, 0.15) is 0 Å². The molecule has 1 atom stereocenters. The molecule has 8 nitrogen and oxygen atoms in total. The zero-order valence-corrected chi connectivity index (χ0v) is 14.6. The van der Waals surface area contributed by atoms with Crippen molar-refractivity contribution in [3.05, 3.63) is 23.1 Å². The van der Waals surface area contributed by atoms with E-state index in [2.05, 4.69) is 30.6 Å². The lowest BCUT2D eigenvalue weighted by molar-refractivity contribution is -0.117. The van der Waals surface area contributed by atoms with Crippen molar-refractivity contribution in [2.45, 2.75) is 52.5 Å². The van der Waals surface area contributed by atoms with Crippen LogP contribution in [0.4, 0.5) is 5.69 Å². The quantitative estimate of drug-likeness (QED) is 0.871. The van der Waals surface area contributed by atoms with Crippen LogP contribution in [0.15, 0.2) is 4.52 Å². The van der Waals surface area contributed by atoms with Crippen LogP contribution in [0.5, 0.6) is 0 Å².